The van der Waals surface area contributed by atoms with Gasteiger partial charge in [-0.3, -0.25) is 0 Å². The Morgan fingerprint density at radius 1 is 1.29 bits per heavy atom. The van der Waals surface area contributed by atoms with E-state index in [1.165, 1.54) is 0 Å². The van der Waals surface area contributed by atoms with E-state index >= 15 is 0 Å². The van der Waals surface area contributed by atoms with Crippen molar-refractivity contribution >= 4 is 0 Å². The normalized spacial score (nSPS) is 36.9. The standard InChI is InChI=1S/C12H21F3N2/c1-9-3-2-4-10(16,7-9)8-17-11(5-6-11)12(13,14)15/h9,17H,2-8,16H2,1H3. The number of hydrogen-bond donors (Lipinski definition) is 2. The first-order valence-corrected chi connectivity index (χ1v) is 6.37. The van der Waals surface area contributed by atoms with Gasteiger partial charge >= 0.3 is 6.18 Å². The third-order valence-electron chi connectivity index (χ3n) is 4.20. The Labute approximate surface area is 100 Å². The summed E-state index contributed by atoms with van der Waals surface area (Å²) in [5, 5.41) is 2.69. The van der Waals surface area contributed by atoms with Crippen molar-refractivity contribution in [3.63, 3.8) is 0 Å². The molecule has 2 saturated carbocycles. The van der Waals surface area contributed by atoms with Crippen LogP contribution in [0.15, 0.2) is 0 Å². The quantitative estimate of drug-likeness (QED) is 0.808. The van der Waals surface area contributed by atoms with Gasteiger partial charge in [-0.15, -0.1) is 0 Å². The van der Waals surface area contributed by atoms with E-state index in [1.54, 1.807) is 0 Å². The van der Waals surface area contributed by atoms with Crippen molar-refractivity contribution in [3.05, 3.63) is 0 Å². The van der Waals surface area contributed by atoms with Gasteiger partial charge in [0.1, 0.15) is 5.54 Å². The highest BCUT2D eigenvalue weighted by Crippen LogP contribution is 2.49. The number of hydrogen-bond acceptors (Lipinski definition) is 2. The van der Waals surface area contributed by atoms with Crippen molar-refractivity contribution < 1.29 is 13.2 Å². The summed E-state index contributed by atoms with van der Waals surface area (Å²) in [5.41, 5.74) is 4.13. The first-order chi connectivity index (χ1) is 7.77. The molecule has 2 fully saturated rings. The zero-order valence-corrected chi connectivity index (χ0v) is 10.2. The van der Waals surface area contributed by atoms with E-state index < -0.39 is 17.3 Å². The van der Waals surface area contributed by atoms with Crippen molar-refractivity contribution in [2.24, 2.45) is 11.7 Å². The molecule has 0 aromatic rings. The first-order valence-electron chi connectivity index (χ1n) is 6.37. The molecule has 0 heterocycles. The Kier molecular flexibility index (Phi) is 3.19. The molecule has 2 atom stereocenters. The van der Waals surface area contributed by atoms with Crippen molar-refractivity contribution in [2.45, 2.75) is 62.7 Å². The molecule has 0 saturated heterocycles. The van der Waals surface area contributed by atoms with Gasteiger partial charge in [-0.25, -0.2) is 0 Å². The highest BCUT2D eigenvalue weighted by atomic mass is 19.4. The Morgan fingerprint density at radius 3 is 2.41 bits per heavy atom. The Hall–Kier alpha value is -0.290. The molecule has 2 aliphatic rings. The second kappa shape index (κ2) is 4.12. The minimum absolute atomic E-state index is 0.197. The maximum Gasteiger partial charge on any atom is 0.406 e. The van der Waals surface area contributed by atoms with Gasteiger partial charge < -0.3 is 11.1 Å². The Morgan fingerprint density at radius 2 is 1.94 bits per heavy atom. The minimum Gasteiger partial charge on any atom is -0.324 e. The fourth-order valence-electron chi connectivity index (χ4n) is 2.89. The van der Waals surface area contributed by atoms with Crippen LogP contribution in [0.3, 0.4) is 0 Å². The number of halogens is 3. The second-order valence-electron chi connectivity index (χ2n) is 6.00. The molecule has 0 aromatic heterocycles. The van der Waals surface area contributed by atoms with E-state index in [9.17, 15) is 13.2 Å². The van der Waals surface area contributed by atoms with Gasteiger partial charge in [0.25, 0.3) is 0 Å². The summed E-state index contributed by atoms with van der Waals surface area (Å²) in [4.78, 5) is 0. The largest absolute Gasteiger partial charge is 0.406 e. The fourth-order valence-corrected chi connectivity index (χ4v) is 2.89. The fraction of sp³-hybridized carbons (Fsp3) is 1.00. The smallest absolute Gasteiger partial charge is 0.324 e. The van der Waals surface area contributed by atoms with Crippen LogP contribution < -0.4 is 11.1 Å². The van der Waals surface area contributed by atoms with Crippen LogP contribution in [-0.4, -0.2) is 23.8 Å². The lowest BCUT2D eigenvalue weighted by atomic mass is 9.77. The molecule has 2 aliphatic carbocycles. The van der Waals surface area contributed by atoms with Gasteiger partial charge in [-0.2, -0.15) is 13.2 Å². The third-order valence-corrected chi connectivity index (χ3v) is 4.20. The molecule has 0 spiro atoms. The Balaban J connectivity index is 1.90. The van der Waals surface area contributed by atoms with Crippen molar-refractivity contribution in [1.29, 1.82) is 0 Å². The summed E-state index contributed by atoms with van der Waals surface area (Å²) in [7, 11) is 0. The molecule has 0 aromatic carbocycles. The number of nitrogens with one attached hydrogen (secondary N) is 1. The molecule has 0 aliphatic heterocycles. The predicted molar refractivity (Wildman–Crippen MR) is 60.6 cm³/mol. The van der Waals surface area contributed by atoms with E-state index in [2.05, 4.69) is 12.2 Å². The van der Waals surface area contributed by atoms with Crippen LogP contribution in [0.1, 0.15) is 45.4 Å². The van der Waals surface area contributed by atoms with Crippen LogP contribution in [0.4, 0.5) is 13.2 Å². The molecule has 0 amide bonds. The molecular formula is C12H21F3N2. The molecule has 2 rings (SSSR count). The van der Waals surface area contributed by atoms with Crippen LogP contribution in [0.5, 0.6) is 0 Å². The topological polar surface area (TPSA) is 38.0 Å². The average Bonchev–Trinajstić information content (AvgIpc) is 2.94. The SMILES string of the molecule is CC1CCCC(N)(CNC2(C(F)(F)F)CC2)C1. The van der Waals surface area contributed by atoms with Crippen molar-refractivity contribution in [2.75, 3.05) is 6.54 Å². The van der Waals surface area contributed by atoms with Crippen molar-refractivity contribution in [3.8, 4) is 0 Å². The lowest BCUT2D eigenvalue weighted by Gasteiger charge is -2.38. The number of nitrogens with two attached hydrogens (primary N) is 1. The summed E-state index contributed by atoms with van der Waals surface area (Å²) in [6.07, 6.45) is 0.0852. The molecule has 3 N–H and O–H groups in total. The number of alkyl halides is 3. The molecule has 0 radical (unpaired) electrons. The monoisotopic (exact) mass is 250 g/mol. The molecule has 2 nitrogen and oxygen atoms in total. The van der Waals surface area contributed by atoms with Crippen LogP contribution in [0.25, 0.3) is 0 Å². The zero-order valence-electron chi connectivity index (χ0n) is 10.2. The van der Waals surface area contributed by atoms with Gasteiger partial charge in [0.15, 0.2) is 0 Å². The summed E-state index contributed by atoms with van der Waals surface area (Å²) in [6, 6.07) is 0. The average molecular weight is 250 g/mol. The van der Waals surface area contributed by atoms with E-state index in [-0.39, 0.29) is 19.4 Å². The molecule has 100 valence electrons. The van der Waals surface area contributed by atoms with Gasteiger partial charge in [-0.1, -0.05) is 19.8 Å². The van der Waals surface area contributed by atoms with Gasteiger partial charge in [0, 0.05) is 12.1 Å². The summed E-state index contributed by atoms with van der Waals surface area (Å²) in [5.74, 6) is 0.525. The van der Waals surface area contributed by atoms with E-state index in [0.717, 1.165) is 25.7 Å². The molecule has 2 unspecified atom stereocenters. The van der Waals surface area contributed by atoms with Crippen molar-refractivity contribution in [1.82, 2.24) is 5.32 Å². The third kappa shape index (κ3) is 2.76. The molecule has 5 heteroatoms. The summed E-state index contributed by atoms with van der Waals surface area (Å²) >= 11 is 0. The second-order valence-corrected chi connectivity index (χ2v) is 6.00. The van der Waals surface area contributed by atoms with E-state index in [1.807, 2.05) is 0 Å². The number of rotatable bonds is 3. The predicted octanol–water partition coefficient (Wildman–Crippen LogP) is 2.58. The van der Waals surface area contributed by atoms with Crippen LogP contribution in [0.2, 0.25) is 0 Å². The lowest BCUT2D eigenvalue weighted by molar-refractivity contribution is -0.166. The minimum atomic E-state index is -4.14. The van der Waals surface area contributed by atoms with E-state index in [0.29, 0.717) is 5.92 Å². The molecular weight excluding hydrogens is 229 g/mol. The maximum absolute atomic E-state index is 12.7. The molecule has 0 bridgehead atoms. The van der Waals surface area contributed by atoms with Gasteiger partial charge in [0.05, 0.1) is 0 Å². The first kappa shape index (κ1) is 13.1. The Bertz CT molecular complexity index is 286. The zero-order chi connectivity index (χ0) is 12.7. The van der Waals surface area contributed by atoms with Crippen LogP contribution in [-0.2, 0) is 0 Å². The van der Waals surface area contributed by atoms with Crippen LogP contribution >= 0.6 is 0 Å². The lowest BCUT2D eigenvalue weighted by Crippen LogP contribution is -2.57. The summed E-state index contributed by atoms with van der Waals surface area (Å²) < 4.78 is 38.2. The van der Waals surface area contributed by atoms with E-state index in [4.69, 9.17) is 5.73 Å². The highest BCUT2D eigenvalue weighted by Gasteiger charge is 2.63. The van der Waals surface area contributed by atoms with Gasteiger partial charge in [0.2, 0.25) is 0 Å². The molecule has 17 heavy (non-hydrogen) atoms. The highest BCUT2D eigenvalue weighted by molar-refractivity contribution is 5.09. The van der Waals surface area contributed by atoms with Gasteiger partial charge in [-0.05, 0) is 31.6 Å². The van der Waals surface area contributed by atoms with Crippen LogP contribution in [0, 0.1) is 5.92 Å². The maximum atomic E-state index is 12.7. The summed E-state index contributed by atoms with van der Waals surface area (Å²) in [6.45, 7) is 2.41.